The number of carbonyl (C=O) groups excluding carboxylic acids is 1. The lowest BCUT2D eigenvalue weighted by Crippen LogP contribution is -2.25. The Morgan fingerprint density at radius 1 is 1.14 bits per heavy atom. The lowest BCUT2D eigenvalue weighted by molar-refractivity contribution is 0.0954. The van der Waals surface area contributed by atoms with Gasteiger partial charge in [-0.2, -0.15) is 11.8 Å². The van der Waals surface area contributed by atoms with Crippen molar-refractivity contribution < 1.29 is 9.18 Å². The Hall–Kier alpha value is -1.81. The average Bonchev–Trinajstić information content (AvgIpc) is 2.50. The van der Waals surface area contributed by atoms with Crippen LogP contribution in [0.1, 0.15) is 21.5 Å². The number of thioether (sulfide) groups is 1. The molecule has 2 aromatic carbocycles. The van der Waals surface area contributed by atoms with E-state index >= 15 is 0 Å². The van der Waals surface area contributed by atoms with Crippen LogP contribution in [0.15, 0.2) is 48.5 Å². The maximum atomic E-state index is 12.8. The Morgan fingerprint density at radius 3 is 2.62 bits per heavy atom. The van der Waals surface area contributed by atoms with E-state index in [4.69, 9.17) is 0 Å². The number of amides is 1. The molecule has 1 amide bonds. The van der Waals surface area contributed by atoms with E-state index in [0.717, 1.165) is 16.9 Å². The van der Waals surface area contributed by atoms with Crippen molar-refractivity contribution in [2.75, 3.05) is 12.8 Å². The number of hydrogen-bond acceptors (Lipinski definition) is 2. The largest absolute Gasteiger partial charge is 0.352 e. The molecular weight excluding hydrogens is 285 g/mol. The fourth-order valence-electron chi connectivity index (χ4n) is 2.04. The van der Waals surface area contributed by atoms with Gasteiger partial charge in [-0.25, -0.2) is 4.39 Å². The zero-order valence-corrected chi connectivity index (χ0v) is 12.8. The smallest absolute Gasteiger partial charge is 0.251 e. The molecule has 0 heterocycles. The summed E-state index contributed by atoms with van der Waals surface area (Å²) >= 11 is 1.73. The third kappa shape index (κ3) is 4.90. The van der Waals surface area contributed by atoms with Crippen LogP contribution in [-0.2, 0) is 12.2 Å². The van der Waals surface area contributed by atoms with Crippen LogP contribution in [-0.4, -0.2) is 18.7 Å². The summed E-state index contributed by atoms with van der Waals surface area (Å²) in [5.74, 6) is 0.588. The summed E-state index contributed by atoms with van der Waals surface area (Å²) < 4.78 is 12.8. The minimum absolute atomic E-state index is 0.0694. The van der Waals surface area contributed by atoms with E-state index in [2.05, 4.69) is 5.32 Å². The van der Waals surface area contributed by atoms with Crippen LogP contribution in [0, 0.1) is 5.82 Å². The van der Waals surface area contributed by atoms with Crippen molar-refractivity contribution in [1.82, 2.24) is 5.32 Å². The molecular formula is C17H18FNOS. The molecule has 0 aliphatic carbocycles. The molecule has 0 aliphatic rings. The molecule has 0 aliphatic heterocycles. The van der Waals surface area contributed by atoms with Gasteiger partial charge in [-0.1, -0.05) is 24.3 Å². The van der Waals surface area contributed by atoms with Gasteiger partial charge in [0.25, 0.3) is 5.91 Å². The van der Waals surface area contributed by atoms with Gasteiger partial charge in [0, 0.05) is 17.9 Å². The van der Waals surface area contributed by atoms with Gasteiger partial charge in [-0.3, -0.25) is 4.79 Å². The van der Waals surface area contributed by atoms with E-state index in [0.29, 0.717) is 18.5 Å². The minimum Gasteiger partial charge on any atom is -0.352 e. The molecule has 2 aromatic rings. The van der Waals surface area contributed by atoms with Crippen LogP contribution in [0.5, 0.6) is 0 Å². The fraction of sp³-hybridized carbons (Fsp3) is 0.235. The number of nitrogens with one attached hydrogen (secondary N) is 1. The van der Waals surface area contributed by atoms with Crippen LogP contribution in [0.2, 0.25) is 0 Å². The van der Waals surface area contributed by atoms with Crippen LogP contribution < -0.4 is 5.32 Å². The summed E-state index contributed by atoms with van der Waals surface area (Å²) in [5, 5.41) is 2.89. The molecule has 0 atom stereocenters. The molecule has 0 aromatic heterocycles. The molecule has 0 unspecified atom stereocenters. The number of benzene rings is 2. The molecule has 0 radical (unpaired) electrons. The van der Waals surface area contributed by atoms with Crippen molar-refractivity contribution >= 4 is 17.7 Å². The van der Waals surface area contributed by atoms with Crippen molar-refractivity contribution in [3.63, 3.8) is 0 Å². The highest BCUT2D eigenvalue weighted by Crippen LogP contribution is 2.11. The number of rotatable bonds is 6. The molecule has 0 saturated carbocycles. The van der Waals surface area contributed by atoms with Crippen LogP contribution in [0.4, 0.5) is 4.39 Å². The van der Waals surface area contributed by atoms with Crippen LogP contribution in [0.3, 0.4) is 0 Å². The molecule has 0 bridgehead atoms. The average molecular weight is 303 g/mol. The zero-order valence-electron chi connectivity index (χ0n) is 11.9. The summed E-state index contributed by atoms with van der Waals surface area (Å²) in [6.45, 7) is 0.539. The van der Waals surface area contributed by atoms with Crippen LogP contribution in [0.25, 0.3) is 0 Å². The number of halogens is 1. The normalized spacial score (nSPS) is 10.4. The van der Waals surface area contributed by atoms with Gasteiger partial charge in [0.05, 0.1) is 0 Å². The fourth-order valence-corrected chi connectivity index (χ4v) is 2.56. The van der Waals surface area contributed by atoms with E-state index < -0.39 is 0 Å². The molecule has 110 valence electrons. The number of hydrogen-bond donors (Lipinski definition) is 1. The molecule has 1 N–H and O–H groups in total. The first-order chi connectivity index (χ1) is 10.2. The zero-order chi connectivity index (χ0) is 15.1. The lowest BCUT2D eigenvalue weighted by atomic mass is 10.1. The summed E-state index contributed by atoms with van der Waals surface area (Å²) in [5.41, 5.74) is 2.84. The first-order valence-corrected chi connectivity index (χ1v) is 8.19. The van der Waals surface area contributed by atoms with Gasteiger partial charge in [0.2, 0.25) is 0 Å². The minimum atomic E-state index is -0.242. The third-order valence-electron chi connectivity index (χ3n) is 3.11. The maximum absolute atomic E-state index is 12.8. The quantitative estimate of drug-likeness (QED) is 0.882. The monoisotopic (exact) mass is 303 g/mol. The highest BCUT2D eigenvalue weighted by atomic mass is 32.2. The second-order valence-electron chi connectivity index (χ2n) is 4.77. The predicted molar refractivity (Wildman–Crippen MR) is 86.1 cm³/mol. The third-order valence-corrected chi connectivity index (χ3v) is 3.73. The standard InChI is InChI=1S/C17H18FNOS/c1-21-12-14-3-2-4-15(11-14)17(20)19-10-9-13-5-7-16(18)8-6-13/h2-8,11H,9-10,12H2,1H3,(H,19,20). The van der Waals surface area contributed by atoms with Gasteiger partial charge < -0.3 is 5.32 Å². The molecule has 0 fully saturated rings. The van der Waals surface area contributed by atoms with E-state index in [1.54, 1.807) is 23.9 Å². The highest BCUT2D eigenvalue weighted by molar-refractivity contribution is 7.97. The van der Waals surface area contributed by atoms with Crippen LogP contribution >= 0.6 is 11.8 Å². The summed E-state index contributed by atoms with van der Waals surface area (Å²) in [6, 6.07) is 14.0. The first kappa shape index (κ1) is 15.6. The Balaban J connectivity index is 1.86. The molecule has 21 heavy (non-hydrogen) atoms. The van der Waals surface area contributed by atoms with Crippen molar-refractivity contribution in [2.24, 2.45) is 0 Å². The summed E-state index contributed by atoms with van der Waals surface area (Å²) in [6.07, 6.45) is 2.73. The molecule has 0 spiro atoms. The summed E-state index contributed by atoms with van der Waals surface area (Å²) in [4.78, 5) is 12.1. The first-order valence-electron chi connectivity index (χ1n) is 6.79. The van der Waals surface area contributed by atoms with E-state index in [1.807, 2.05) is 30.5 Å². The van der Waals surface area contributed by atoms with Gasteiger partial charge >= 0.3 is 0 Å². The topological polar surface area (TPSA) is 29.1 Å². The Labute approximate surface area is 128 Å². The van der Waals surface area contributed by atoms with E-state index in [1.165, 1.54) is 12.1 Å². The van der Waals surface area contributed by atoms with Crippen molar-refractivity contribution in [1.29, 1.82) is 0 Å². The highest BCUT2D eigenvalue weighted by Gasteiger charge is 2.05. The molecule has 4 heteroatoms. The van der Waals surface area contributed by atoms with E-state index in [9.17, 15) is 9.18 Å². The Bertz CT molecular complexity index is 598. The van der Waals surface area contributed by atoms with Crippen molar-refractivity contribution in [3.8, 4) is 0 Å². The Kier molecular flexibility index (Phi) is 5.81. The van der Waals surface area contributed by atoms with Crippen molar-refractivity contribution in [3.05, 3.63) is 71.0 Å². The van der Waals surface area contributed by atoms with Gasteiger partial charge in [-0.05, 0) is 48.1 Å². The van der Waals surface area contributed by atoms with Gasteiger partial charge in [0.15, 0.2) is 0 Å². The van der Waals surface area contributed by atoms with Gasteiger partial charge in [-0.15, -0.1) is 0 Å². The second kappa shape index (κ2) is 7.84. The lowest BCUT2D eigenvalue weighted by Gasteiger charge is -2.07. The molecule has 2 nitrogen and oxygen atoms in total. The molecule has 2 rings (SSSR count). The number of carbonyl (C=O) groups is 1. The van der Waals surface area contributed by atoms with E-state index in [-0.39, 0.29) is 11.7 Å². The summed E-state index contributed by atoms with van der Waals surface area (Å²) in [7, 11) is 0. The second-order valence-corrected chi connectivity index (χ2v) is 5.63. The van der Waals surface area contributed by atoms with Gasteiger partial charge in [0.1, 0.15) is 5.82 Å². The Morgan fingerprint density at radius 2 is 1.90 bits per heavy atom. The predicted octanol–water partition coefficient (Wildman–Crippen LogP) is 3.66. The molecule has 0 saturated heterocycles. The van der Waals surface area contributed by atoms with Crippen molar-refractivity contribution in [2.45, 2.75) is 12.2 Å². The maximum Gasteiger partial charge on any atom is 0.251 e. The SMILES string of the molecule is CSCc1cccc(C(=O)NCCc2ccc(F)cc2)c1.